The van der Waals surface area contributed by atoms with Crippen LogP contribution in [0.1, 0.15) is 56.6 Å². The van der Waals surface area contributed by atoms with E-state index in [0.29, 0.717) is 18.4 Å². The number of amides is 1. The SMILES string of the molecule is CCOC(=O)CNC(=O)C12C[C@@H]3C[C@@H](C1)CC(c1ccc(C)cc1)(C3)C2. The van der Waals surface area contributed by atoms with Crippen LogP contribution in [0.15, 0.2) is 24.3 Å². The topological polar surface area (TPSA) is 55.4 Å². The zero-order chi connectivity index (χ0) is 18.4. The van der Waals surface area contributed by atoms with Gasteiger partial charge in [-0.3, -0.25) is 9.59 Å². The van der Waals surface area contributed by atoms with Crippen molar-refractivity contribution < 1.29 is 14.3 Å². The molecular formula is C22H29NO3. The number of ether oxygens (including phenoxy) is 1. The van der Waals surface area contributed by atoms with E-state index in [-0.39, 0.29) is 29.3 Å². The summed E-state index contributed by atoms with van der Waals surface area (Å²) >= 11 is 0. The Morgan fingerprint density at radius 3 is 2.38 bits per heavy atom. The highest BCUT2D eigenvalue weighted by Crippen LogP contribution is 2.65. The van der Waals surface area contributed by atoms with Crippen LogP contribution in [0.3, 0.4) is 0 Å². The van der Waals surface area contributed by atoms with Crippen LogP contribution in [0.4, 0.5) is 0 Å². The number of hydrogen-bond acceptors (Lipinski definition) is 3. The van der Waals surface area contributed by atoms with Gasteiger partial charge in [0.05, 0.1) is 12.0 Å². The van der Waals surface area contributed by atoms with Crippen molar-refractivity contribution >= 4 is 11.9 Å². The number of hydrogen-bond donors (Lipinski definition) is 1. The zero-order valence-corrected chi connectivity index (χ0v) is 15.8. The van der Waals surface area contributed by atoms with E-state index >= 15 is 0 Å². The van der Waals surface area contributed by atoms with Crippen molar-refractivity contribution in [1.82, 2.24) is 5.32 Å². The van der Waals surface area contributed by atoms with Crippen LogP contribution >= 0.6 is 0 Å². The van der Waals surface area contributed by atoms with Crippen molar-refractivity contribution in [3.8, 4) is 0 Å². The van der Waals surface area contributed by atoms with Gasteiger partial charge in [-0.05, 0) is 75.2 Å². The maximum absolute atomic E-state index is 13.1. The lowest BCUT2D eigenvalue weighted by Crippen LogP contribution is -2.59. The first-order chi connectivity index (χ1) is 12.4. The molecular weight excluding hydrogens is 326 g/mol. The van der Waals surface area contributed by atoms with E-state index in [1.54, 1.807) is 6.92 Å². The Balaban J connectivity index is 1.57. The lowest BCUT2D eigenvalue weighted by atomic mass is 9.42. The number of aryl methyl sites for hydroxylation is 1. The van der Waals surface area contributed by atoms with E-state index in [4.69, 9.17) is 4.74 Å². The Kier molecular flexibility index (Phi) is 4.32. The lowest BCUT2D eigenvalue weighted by Gasteiger charge is -2.61. The van der Waals surface area contributed by atoms with E-state index in [1.807, 2.05) is 0 Å². The lowest BCUT2D eigenvalue weighted by molar-refractivity contribution is -0.152. The van der Waals surface area contributed by atoms with E-state index in [2.05, 4.69) is 36.5 Å². The summed E-state index contributed by atoms with van der Waals surface area (Å²) < 4.78 is 4.96. The third-order valence-corrected chi connectivity index (χ3v) is 6.91. The molecule has 0 spiro atoms. The van der Waals surface area contributed by atoms with Gasteiger partial charge in [0, 0.05) is 0 Å². The maximum Gasteiger partial charge on any atom is 0.325 e. The van der Waals surface area contributed by atoms with E-state index in [1.165, 1.54) is 30.4 Å². The van der Waals surface area contributed by atoms with Gasteiger partial charge >= 0.3 is 5.97 Å². The molecule has 4 saturated carbocycles. The van der Waals surface area contributed by atoms with Gasteiger partial charge in [0.25, 0.3) is 0 Å². The van der Waals surface area contributed by atoms with Crippen LogP contribution in [-0.4, -0.2) is 25.0 Å². The number of carbonyl (C=O) groups is 2. The molecule has 0 unspecified atom stereocenters. The van der Waals surface area contributed by atoms with Gasteiger partial charge in [-0.1, -0.05) is 29.8 Å². The smallest absolute Gasteiger partial charge is 0.325 e. The number of esters is 1. The summed E-state index contributed by atoms with van der Waals surface area (Å²) in [4.78, 5) is 24.8. The van der Waals surface area contributed by atoms with Crippen LogP contribution < -0.4 is 5.32 Å². The Morgan fingerprint density at radius 2 is 1.77 bits per heavy atom. The fourth-order valence-corrected chi connectivity index (χ4v) is 6.33. The average molecular weight is 355 g/mol. The van der Waals surface area contributed by atoms with Crippen LogP contribution in [0.5, 0.6) is 0 Å². The second-order valence-corrected chi connectivity index (χ2v) is 8.88. The van der Waals surface area contributed by atoms with Crippen molar-refractivity contribution in [3.05, 3.63) is 35.4 Å². The number of nitrogens with one attached hydrogen (secondary N) is 1. The highest BCUT2D eigenvalue weighted by Gasteiger charge is 2.60. The molecule has 4 fully saturated rings. The monoisotopic (exact) mass is 355 g/mol. The van der Waals surface area contributed by atoms with Crippen LogP contribution in [-0.2, 0) is 19.7 Å². The molecule has 0 radical (unpaired) electrons. The second-order valence-electron chi connectivity index (χ2n) is 8.88. The van der Waals surface area contributed by atoms with E-state index in [9.17, 15) is 9.59 Å². The molecule has 4 heteroatoms. The highest BCUT2D eigenvalue weighted by atomic mass is 16.5. The quantitative estimate of drug-likeness (QED) is 0.822. The molecule has 2 atom stereocenters. The van der Waals surface area contributed by atoms with E-state index < -0.39 is 0 Å². The molecule has 4 aliphatic carbocycles. The fourth-order valence-electron chi connectivity index (χ4n) is 6.33. The van der Waals surface area contributed by atoms with Crippen molar-refractivity contribution in [2.24, 2.45) is 17.3 Å². The first-order valence-corrected chi connectivity index (χ1v) is 9.96. The molecule has 0 saturated heterocycles. The number of benzene rings is 1. The Labute approximate surface area is 155 Å². The highest BCUT2D eigenvalue weighted by molar-refractivity contribution is 5.87. The summed E-state index contributed by atoms with van der Waals surface area (Å²) in [5, 5.41) is 2.89. The predicted octanol–water partition coefficient (Wildman–Crippen LogP) is 3.51. The van der Waals surface area contributed by atoms with Gasteiger partial charge in [-0.15, -0.1) is 0 Å². The largest absolute Gasteiger partial charge is 0.465 e. The minimum absolute atomic E-state index is 0.0126. The maximum atomic E-state index is 13.1. The van der Waals surface area contributed by atoms with Crippen LogP contribution in [0, 0.1) is 24.2 Å². The molecule has 0 aromatic heterocycles. The van der Waals surface area contributed by atoms with Crippen molar-refractivity contribution in [1.29, 1.82) is 0 Å². The summed E-state index contributed by atoms with van der Waals surface area (Å²) in [6.45, 7) is 4.24. The van der Waals surface area contributed by atoms with Gasteiger partial charge in [-0.25, -0.2) is 0 Å². The molecule has 4 nitrogen and oxygen atoms in total. The zero-order valence-electron chi connectivity index (χ0n) is 15.8. The Morgan fingerprint density at radius 1 is 1.12 bits per heavy atom. The van der Waals surface area contributed by atoms with Crippen molar-refractivity contribution in [2.45, 2.75) is 57.8 Å². The molecule has 26 heavy (non-hydrogen) atoms. The molecule has 140 valence electrons. The molecule has 4 bridgehead atoms. The third-order valence-electron chi connectivity index (χ3n) is 6.91. The normalized spacial score (nSPS) is 34.5. The first kappa shape index (κ1) is 17.6. The van der Waals surface area contributed by atoms with Crippen LogP contribution in [0.25, 0.3) is 0 Å². The Bertz CT molecular complexity index is 695. The Hall–Kier alpha value is -1.84. The van der Waals surface area contributed by atoms with Gasteiger partial charge in [0.1, 0.15) is 6.54 Å². The summed E-state index contributed by atoms with van der Waals surface area (Å²) in [6.07, 6.45) is 6.56. The molecule has 4 aliphatic rings. The summed E-state index contributed by atoms with van der Waals surface area (Å²) in [7, 11) is 0. The minimum Gasteiger partial charge on any atom is -0.465 e. The number of carbonyl (C=O) groups excluding carboxylic acids is 2. The molecule has 5 rings (SSSR count). The summed E-state index contributed by atoms with van der Waals surface area (Å²) in [5.41, 5.74) is 2.51. The fraction of sp³-hybridized carbons (Fsp3) is 0.636. The molecule has 0 aliphatic heterocycles. The van der Waals surface area contributed by atoms with Crippen molar-refractivity contribution in [2.75, 3.05) is 13.2 Å². The molecule has 1 aromatic carbocycles. The van der Waals surface area contributed by atoms with Gasteiger partial charge in [-0.2, -0.15) is 0 Å². The summed E-state index contributed by atoms with van der Waals surface area (Å²) in [5.74, 6) is 0.978. The van der Waals surface area contributed by atoms with E-state index in [0.717, 1.165) is 19.3 Å². The second kappa shape index (κ2) is 6.40. The molecule has 1 N–H and O–H groups in total. The molecule has 0 heterocycles. The molecule has 1 amide bonds. The standard InChI is InChI=1S/C22H29NO3/c1-3-26-19(24)13-23-20(25)22-11-16-8-17(12-22)10-21(9-16,14-22)18-6-4-15(2)5-7-18/h4-7,16-17H,3,8-14H2,1-2H3,(H,23,25)/t16-,17-,21?,22?/m1/s1. The van der Waals surface area contributed by atoms with Crippen LogP contribution in [0.2, 0.25) is 0 Å². The van der Waals surface area contributed by atoms with Gasteiger partial charge in [0.15, 0.2) is 0 Å². The minimum atomic E-state index is -0.348. The van der Waals surface area contributed by atoms with Crippen molar-refractivity contribution in [3.63, 3.8) is 0 Å². The number of rotatable bonds is 5. The average Bonchev–Trinajstić information content (AvgIpc) is 2.59. The first-order valence-electron chi connectivity index (χ1n) is 9.96. The van der Waals surface area contributed by atoms with Gasteiger partial charge < -0.3 is 10.1 Å². The summed E-state index contributed by atoms with van der Waals surface area (Å²) in [6, 6.07) is 8.93. The third kappa shape index (κ3) is 2.93. The predicted molar refractivity (Wildman–Crippen MR) is 99.6 cm³/mol. The molecule has 1 aromatic rings. The van der Waals surface area contributed by atoms with Gasteiger partial charge in [0.2, 0.25) is 5.91 Å².